The summed E-state index contributed by atoms with van der Waals surface area (Å²) in [4.78, 5) is 22.3. The molecule has 0 amide bonds. The molecule has 0 aromatic heterocycles. The van der Waals surface area contributed by atoms with Gasteiger partial charge in [0.25, 0.3) is 5.69 Å². The van der Waals surface area contributed by atoms with Gasteiger partial charge in [-0.05, 0) is 30.3 Å². The van der Waals surface area contributed by atoms with E-state index in [0.717, 1.165) is 0 Å². The molecule has 0 radical (unpaired) electrons. The molecule has 6 nitrogen and oxygen atoms in total. The van der Waals surface area contributed by atoms with Gasteiger partial charge in [0.2, 0.25) is 6.79 Å². The van der Waals surface area contributed by atoms with E-state index < -0.39 is 4.92 Å². The van der Waals surface area contributed by atoms with Gasteiger partial charge in [-0.2, -0.15) is 0 Å². The fourth-order valence-corrected chi connectivity index (χ4v) is 1.94. The van der Waals surface area contributed by atoms with E-state index in [0.29, 0.717) is 22.6 Å². The van der Waals surface area contributed by atoms with E-state index in [1.165, 1.54) is 24.3 Å². The summed E-state index contributed by atoms with van der Waals surface area (Å²) in [5.74, 6) is 0.904. The van der Waals surface area contributed by atoms with Crippen LogP contribution in [0.25, 0.3) is 0 Å². The maximum Gasteiger partial charge on any atom is 0.269 e. The molecule has 0 aliphatic carbocycles. The predicted octanol–water partition coefficient (Wildman–Crippen LogP) is 2.55. The fourth-order valence-electron chi connectivity index (χ4n) is 1.94. The predicted molar refractivity (Wildman–Crippen MR) is 69.1 cm³/mol. The largest absolute Gasteiger partial charge is 0.454 e. The lowest BCUT2D eigenvalue weighted by atomic mass is 10.0. The molecular formula is C14H9NO5. The topological polar surface area (TPSA) is 78.7 Å². The zero-order chi connectivity index (χ0) is 14.1. The number of benzene rings is 2. The van der Waals surface area contributed by atoms with Crippen LogP contribution < -0.4 is 9.47 Å². The molecular weight excluding hydrogens is 262 g/mol. The Labute approximate surface area is 113 Å². The van der Waals surface area contributed by atoms with Gasteiger partial charge in [-0.1, -0.05) is 0 Å². The van der Waals surface area contributed by atoms with Crippen molar-refractivity contribution in [3.05, 3.63) is 63.7 Å². The van der Waals surface area contributed by atoms with Crippen LogP contribution in [0.5, 0.6) is 11.5 Å². The monoisotopic (exact) mass is 271 g/mol. The average molecular weight is 271 g/mol. The van der Waals surface area contributed by atoms with Crippen molar-refractivity contribution in [2.24, 2.45) is 0 Å². The number of nitro benzene ring substituents is 1. The van der Waals surface area contributed by atoms with E-state index in [1.54, 1.807) is 18.2 Å². The summed E-state index contributed by atoms with van der Waals surface area (Å²) in [5.41, 5.74) is 0.782. The van der Waals surface area contributed by atoms with Gasteiger partial charge in [-0.15, -0.1) is 0 Å². The molecule has 6 heteroatoms. The van der Waals surface area contributed by atoms with Gasteiger partial charge in [0, 0.05) is 23.3 Å². The van der Waals surface area contributed by atoms with Crippen molar-refractivity contribution < 1.29 is 19.2 Å². The molecule has 1 aliphatic rings. The zero-order valence-corrected chi connectivity index (χ0v) is 10.2. The molecule has 0 bridgehead atoms. The second kappa shape index (κ2) is 4.65. The molecule has 0 spiro atoms. The molecule has 1 heterocycles. The van der Waals surface area contributed by atoms with E-state index >= 15 is 0 Å². The normalized spacial score (nSPS) is 12.2. The standard InChI is InChI=1S/C14H9NO5/c16-14(9-1-4-11(5-2-9)15(17)18)10-3-6-12-13(7-10)20-8-19-12/h1-7H,8H2. The second-order valence-electron chi connectivity index (χ2n) is 4.20. The molecule has 0 atom stereocenters. The van der Waals surface area contributed by atoms with Gasteiger partial charge in [-0.25, -0.2) is 0 Å². The minimum Gasteiger partial charge on any atom is -0.454 e. The molecule has 3 rings (SSSR count). The molecule has 0 N–H and O–H groups in total. The van der Waals surface area contributed by atoms with Crippen molar-refractivity contribution in [2.75, 3.05) is 6.79 Å². The van der Waals surface area contributed by atoms with Gasteiger partial charge in [0.05, 0.1) is 4.92 Å². The van der Waals surface area contributed by atoms with Crippen LogP contribution in [0.1, 0.15) is 15.9 Å². The Kier molecular flexibility index (Phi) is 2.83. The molecule has 100 valence electrons. The summed E-state index contributed by atoms with van der Waals surface area (Å²) >= 11 is 0. The molecule has 0 saturated heterocycles. The Balaban J connectivity index is 1.90. The summed E-state index contributed by atoms with van der Waals surface area (Å²) < 4.78 is 10.4. The number of carbonyl (C=O) groups is 1. The van der Waals surface area contributed by atoms with Crippen molar-refractivity contribution in [3.8, 4) is 11.5 Å². The van der Waals surface area contributed by atoms with E-state index in [9.17, 15) is 14.9 Å². The number of non-ortho nitro benzene ring substituents is 1. The molecule has 0 fully saturated rings. The Morgan fingerprint density at radius 1 is 1.00 bits per heavy atom. The first-order chi connectivity index (χ1) is 9.65. The average Bonchev–Trinajstić information content (AvgIpc) is 2.94. The first-order valence-electron chi connectivity index (χ1n) is 5.84. The Morgan fingerprint density at radius 2 is 1.65 bits per heavy atom. The second-order valence-corrected chi connectivity index (χ2v) is 4.20. The molecule has 2 aromatic rings. The summed E-state index contributed by atoms with van der Waals surface area (Å²) in [7, 11) is 0. The highest BCUT2D eigenvalue weighted by molar-refractivity contribution is 6.09. The molecule has 1 aliphatic heterocycles. The van der Waals surface area contributed by atoms with Gasteiger partial charge in [0.1, 0.15) is 0 Å². The number of ether oxygens (including phenoxy) is 2. The van der Waals surface area contributed by atoms with Crippen molar-refractivity contribution in [2.45, 2.75) is 0 Å². The smallest absolute Gasteiger partial charge is 0.269 e. The quantitative estimate of drug-likeness (QED) is 0.487. The number of rotatable bonds is 3. The van der Waals surface area contributed by atoms with Crippen LogP contribution in [0.15, 0.2) is 42.5 Å². The van der Waals surface area contributed by atoms with Crippen LogP contribution in [-0.4, -0.2) is 17.5 Å². The SMILES string of the molecule is O=C(c1ccc([N+](=O)[O-])cc1)c1ccc2c(c1)OCO2. The summed E-state index contributed by atoms with van der Waals surface area (Å²) in [6.07, 6.45) is 0. The Bertz CT molecular complexity index is 693. The van der Waals surface area contributed by atoms with E-state index in [2.05, 4.69) is 0 Å². The van der Waals surface area contributed by atoms with Crippen LogP contribution in [0.4, 0.5) is 5.69 Å². The van der Waals surface area contributed by atoms with Crippen LogP contribution >= 0.6 is 0 Å². The van der Waals surface area contributed by atoms with Gasteiger partial charge >= 0.3 is 0 Å². The number of carbonyl (C=O) groups excluding carboxylic acids is 1. The number of ketones is 1. The number of hydrogen-bond donors (Lipinski definition) is 0. The third-order valence-corrected chi connectivity index (χ3v) is 2.98. The molecule has 20 heavy (non-hydrogen) atoms. The minimum atomic E-state index is -0.505. The van der Waals surface area contributed by atoms with Crippen LogP contribution in [0, 0.1) is 10.1 Å². The minimum absolute atomic E-state index is 0.0489. The van der Waals surface area contributed by atoms with Crippen molar-refractivity contribution >= 4 is 11.5 Å². The van der Waals surface area contributed by atoms with E-state index in [4.69, 9.17) is 9.47 Å². The first-order valence-corrected chi connectivity index (χ1v) is 5.84. The van der Waals surface area contributed by atoms with E-state index in [-0.39, 0.29) is 18.3 Å². The lowest BCUT2D eigenvalue weighted by Crippen LogP contribution is -2.01. The third kappa shape index (κ3) is 2.07. The molecule has 0 saturated carbocycles. The molecule has 0 unspecified atom stereocenters. The van der Waals surface area contributed by atoms with Crippen LogP contribution in [0.3, 0.4) is 0 Å². The van der Waals surface area contributed by atoms with E-state index in [1.807, 2.05) is 0 Å². The van der Waals surface area contributed by atoms with Gasteiger partial charge < -0.3 is 9.47 Å². The maximum atomic E-state index is 12.3. The Hall–Kier alpha value is -2.89. The zero-order valence-electron chi connectivity index (χ0n) is 10.2. The van der Waals surface area contributed by atoms with Crippen LogP contribution in [-0.2, 0) is 0 Å². The van der Waals surface area contributed by atoms with Crippen molar-refractivity contribution in [1.82, 2.24) is 0 Å². The summed E-state index contributed by atoms with van der Waals surface area (Å²) in [5, 5.41) is 10.6. The van der Waals surface area contributed by atoms with Crippen molar-refractivity contribution in [1.29, 1.82) is 0 Å². The number of fused-ring (bicyclic) bond motifs is 1. The highest BCUT2D eigenvalue weighted by Crippen LogP contribution is 2.33. The lowest BCUT2D eigenvalue weighted by Gasteiger charge is -2.02. The lowest BCUT2D eigenvalue weighted by molar-refractivity contribution is -0.384. The molecule has 2 aromatic carbocycles. The number of nitrogens with zero attached hydrogens (tertiary/aromatic N) is 1. The number of nitro groups is 1. The fraction of sp³-hybridized carbons (Fsp3) is 0.0714. The first kappa shape index (κ1) is 12.2. The van der Waals surface area contributed by atoms with Gasteiger partial charge in [-0.3, -0.25) is 14.9 Å². The van der Waals surface area contributed by atoms with Crippen molar-refractivity contribution in [3.63, 3.8) is 0 Å². The summed E-state index contributed by atoms with van der Waals surface area (Å²) in [6, 6.07) is 10.4. The highest BCUT2D eigenvalue weighted by atomic mass is 16.7. The third-order valence-electron chi connectivity index (χ3n) is 2.98. The highest BCUT2D eigenvalue weighted by Gasteiger charge is 2.17. The van der Waals surface area contributed by atoms with Gasteiger partial charge in [0.15, 0.2) is 17.3 Å². The maximum absolute atomic E-state index is 12.3. The number of hydrogen-bond acceptors (Lipinski definition) is 5. The summed E-state index contributed by atoms with van der Waals surface area (Å²) in [6.45, 7) is 0.143. The van der Waals surface area contributed by atoms with Crippen LogP contribution in [0.2, 0.25) is 0 Å². The Morgan fingerprint density at radius 3 is 2.35 bits per heavy atom.